The largest absolute Gasteiger partial charge is 0.382 e. The lowest BCUT2D eigenvalue weighted by molar-refractivity contribution is 0.0475. The molecule has 0 saturated carbocycles. The second kappa shape index (κ2) is 3.96. The Hall–Kier alpha value is -1.60. The quantitative estimate of drug-likeness (QED) is 0.802. The molecular formula is C11H17N3O4. The van der Waals surface area contributed by atoms with Crippen molar-refractivity contribution >= 4 is 11.8 Å². The topological polar surface area (TPSA) is 90.0 Å². The van der Waals surface area contributed by atoms with E-state index in [1.54, 1.807) is 27.8 Å². The van der Waals surface area contributed by atoms with Crippen molar-refractivity contribution in [3.63, 3.8) is 0 Å². The highest BCUT2D eigenvalue weighted by molar-refractivity contribution is 5.93. The minimum atomic E-state index is -1.18. The molecule has 2 atom stereocenters. The molecule has 7 nitrogen and oxygen atoms in total. The van der Waals surface area contributed by atoms with Gasteiger partial charge in [-0.25, -0.2) is 9.69 Å². The molecule has 0 aliphatic carbocycles. The monoisotopic (exact) mass is 255 g/mol. The molecular weight excluding hydrogens is 238 g/mol. The molecule has 1 aromatic rings. The van der Waals surface area contributed by atoms with E-state index in [0.29, 0.717) is 0 Å². The van der Waals surface area contributed by atoms with E-state index in [-0.39, 0.29) is 23.7 Å². The van der Waals surface area contributed by atoms with Gasteiger partial charge in [-0.15, -0.1) is 0 Å². The second-order valence-electron chi connectivity index (χ2n) is 5.03. The van der Waals surface area contributed by atoms with Crippen molar-refractivity contribution < 1.29 is 19.5 Å². The van der Waals surface area contributed by atoms with Crippen molar-refractivity contribution in [1.29, 1.82) is 0 Å². The van der Waals surface area contributed by atoms with Crippen LogP contribution in [0.1, 0.15) is 26.5 Å². The predicted octanol–water partition coefficient (Wildman–Crippen LogP) is 0.481. The van der Waals surface area contributed by atoms with Gasteiger partial charge in [0.05, 0.1) is 6.04 Å². The predicted molar refractivity (Wildman–Crippen MR) is 62.9 cm³/mol. The first-order valence-corrected chi connectivity index (χ1v) is 5.67. The van der Waals surface area contributed by atoms with Crippen LogP contribution in [0.15, 0.2) is 10.6 Å². The maximum absolute atomic E-state index is 11.9. The fourth-order valence-electron chi connectivity index (χ4n) is 1.77. The molecule has 2 unspecified atom stereocenters. The molecule has 1 saturated heterocycles. The summed E-state index contributed by atoms with van der Waals surface area (Å²) in [5.41, 5.74) is -1.18. The summed E-state index contributed by atoms with van der Waals surface area (Å²) in [6.45, 7) is 4.84. The van der Waals surface area contributed by atoms with Gasteiger partial charge in [0.15, 0.2) is 17.8 Å². The van der Waals surface area contributed by atoms with Gasteiger partial charge < -0.3 is 19.6 Å². The molecule has 2 amide bonds. The summed E-state index contributed by atoms with van der Waals surface area (Å²) < 4.78 is 4.99. The number of hydrogen-bond acceptors (Lipinski definition) is 5. The minimum Gasteiger partial charge on any atom is -0.382 e. The van der Waals surface area contributed by atoms with Crippen LogP contribution < -0.4 is 4.90 Å². The van der Waals surface area contributed by atoms with E-state index < -0.39 is 11.8 Å². The molecule has 100 valence electrons. The highest BCUT2D eigenvalue weighted by Crippen LogP contribution is 2.29. The molecule has 7 heteroatoms. The van der Waals surface area contributed by atoms with Gasteiger partial charge in [-0.1, -0.05) is 5.16 Å². The van der Waals surface area contributed by atoms with E-state index in [1.165, 1.54) is 11.0 Å². The third kappa shape index (κ3) is 1.85. The first-order chi connectivity index (χ1) is 8.23. The third-order valence-corrected chi connectivity index (χ3v) is 3.16. The number of urea groups is 1. The molecule has 2 heterocycles. The molecule has 18 heavy (non-hydrogen) atoms. The van der Waals surface area contributed by atoms with Crippen LogP contribution in [0.5, 0.6) is 0 Å². The number of hydrogen-bond donors (Lipinski definition) is 2. The van der Waals surface area contributed by atoms with Gasteiger partial charge in [0.2, 0.25) is 0 Å². The van der Waals surface area contributed by atoms with Crippen molar-refractivity contribution in [2.75, 3.05) is 11.9 Å². The van der Waals surface area contributed by atoms with Crippen molar-refractivity contribution in [2.45, 2.75) is 38.6 Å². The molecule has 0 bridgehead atoms. The number of aromatic nitrogens is 1. The lowest BCUT2D eigenvalue weighted by Gasteiger charge is -2.16. The number of carbonyl (C=O) groups is 1. The maximum atomic E-state index is 11.9. The fourth-order valence-corrected chi connectivity index (χ4v) is 1.77. The molecule has 1 aliphatic heterocycles. The van der Waals surface area contributed by atoms with Gasteiger partial charge in [0.1, 0.15) is 5.60 Å². The highest BCUT2D eigenvalue weighted by atomic mass is 16.5. The molecule has 2 N–H and O–H groups in total. The van der Waals surface area contributed by atoms with E-state index >= 15 is 0 Å². The van der Waals surface area contributed by atoms with Crippen LogP contribution in [0, 0.1) is 0 Å². The average Bonchev–Trinajstić information content (AvgIpc) is 2.81. The van der Waals surface area contributed by atoms with Crippen LogP contribution in [0.2, 0.25) is 0 Å². The molecule has 0 spiro atoms. The number of aliphatic hydroxyl groups is 2. The first kappa shape index (κ1) is 12.8. The smallest absolute Gasteiger partial charge is 0.328 e. The van der Waals surface area contributed by atoms with Gasteiger partial charge in [-0.3, -0.25) is 0 Å². The van der Waals surface area contributed by atoms with Gasteiger partial charge in [0, 0.05) is 13.1 Å². The second-order valence-corrected chi connectivity index (χ2v) is 5.03. The third-order valence-electron chi connectivity index (χ3n) is 3.16. The van der Waals surface area contributed by atoms with E-state index in [2.05, 4.69) is 5.16 Å². The average molecular weight is 255 g/mol. The Bertz CT molecular complexity index is 465. The van der Waals surface area contributed by atoms with Gasteiger partial charge in [-0.2, -0.15) is 0 Å². The molecule has 1 aliphatic rings. The summed E-state index contributed by atoms with van der Waals surface area (Å²) >= 11 is 0. The molecule has 0 aromatic carbocycles. The number of likely N-dealkylation sites (N-methyl/N-ethyl adjacent to an activating group) is 1. The Balaban J connectivity index is 2.33. The summed E-state index contributed by atoms with van der Waals surface area (Å²) in [5, 5.41) is 23.5. The molecule has 1 aromatic heterocycles. The number of aliphatic hydroxyl groups excluding tert-OH is 1. The summed E-state index contributed by atoms with van der Waals surface area (Å²) in [7, 11) is 1.60. The SMILES string of the molecule is CC1C(O)N(c2cc(C(C)(C)O)on2)C(=O)N1C. The first-order valence-electron chi connectivity index (χ1n) is 5.67. The number of amides is 2. The van der Waals surface area contributed by atoms with Gasteiger partial charge in [-0.05, 0) is 20.8 Å². The Labute approximate surface area is 105 Å². The summed E-state index contributed by atoms with van der Waals surface area (Å²) in [6.07, 6.45) is -0.984. The Kier molecular flexibility index (Phi) is 2.83. The normalized spacial score (nSPS) is 25.1. The van der Waals surface area contributed by atoms with Crippen LogP contribution >= 0.6 is 0 Å². The Morgan fingerprint density at radius 2 is 2.11 bits per heavy atom. The highest BCUT2D eigenvalue weighted by Gasteiger charge is 2.43. The van der Waals surface area contributed by atoms with Crippen molar-refractivity contribution in [1.82, 2.24) is 10.1 Å². The van der Waals surface area contributed by atoms with Gasteiger partial charge in [0.25, 0.3) is 0 Å². The standard InChI is InChI=1S/C11H17N3O4/c1-6-9(15)14(10(16)13(6)4)8-5-7(18-12-8)11(2,3)17/h5-6,9,15,17H,1-4H3. The van der Waals surface area contributed by atoms with Crippen LogP contribution in [0.4, 0.5) is 10.6 Å². The maximum Gasteiger partial charge on any atom is 0.328 e. The van der Waals surface area contributed by atoms with Crippen LogP contribution in [-0.4, -0.2) is 45.6 Å². The zero-order valence-electron chi connectivity index (χ0n) is 10.8. The fraction of sp³-hybridized carbons (Fsp3) is 0.636. The van der Waals surface area contributed by atoms with Crippen molar-refractivity contribution in [3.8, 4) is 0 Å². The minimum absolute atomic E-state index is 0.195. The van der Waals surface area contributed by atoms with E-state index in [1.807, 2.05) is 0 Å². The van der Waals surface area contributed by atoms with E-state index in [0.717, 1.165) is 4.90 Å². The zero-order valence-corrected chi connectivity index (χ0v) is 10.8. The van der Waals surface area contributed by atoms with Crippen LogP contribution in [0.3, 0.4) is 0 Å². The van der Waals surface area contributed by atoms with E-state index in [9.17, 15) is 15.0 Å². The molecule has 1 fully saturated rings. The summed E-state index contributed by atoms with van der Waals surface area (Å²) in [5.74, 6) is 0.431. The Morgan fingerprint density at radius 3 is 2.50 bits per heavy atom. The van der Waals surface area contributed by atoms with Crippen molar-refractivity contribution in [2.24, 2.45) is 0 Å². The van der Waals surface area contributed by atoms with Crippen molar-refractivity contribution in [3.05, 3.63) is 11.8 Å². The van der Waals surface area contributed by atoms with Crippen LogP contribution in [0.25, 0.3) is 0 Å². The number of rotatable bonds is 2. The molecule has 2 rings (SSSR count). The zero-order chi connectivity index (χ0) is 13.7. The Morgan fingerprint density at radius 1 is 1.50 bits per heavy atom. The lowest BCUT2D eigenvalue weighted by atomic mass is 10.1. The van der Waals surface area contributed by atoms with E-state index in [4.69, 9.17) is 4.52 Å². The lowest BCUT2D eigenvalue weighted by Crippen LogP contribution is -2.35. The van der Waals surface area contributed by atoms with Gasteiger partial charge >= 0.3 is 6.03 Å². The summed E-state index contributed by atoms with van der Waals surface area (Å²) in [6, 6.07) is 0.762. The summed E-state index contributed by atoms with van der Waals surface area (Å²) in [4.78, 5) is 14.5. The molecule has 0 radical (unpaired) electrons. The number of carbonyl (C=O) groups excluding carboxylic acids is 1. The number of anilines is 1. The van der Waals surface area contributed by atoms with Crippen LogP contribution in [-0.2, 0) is 5.60 Å². The number of nitrogens with zero attached hydrogens (tertiary/aromatic N) is 3.